The van der Waals surface area contributed by atoms with Crippen LogP contribution in [0.25, 0.3) is 0 Å². The van der Waals surface area contributed by atoms with E-state index < -0.39 is 16.9 Å². The van der Waals surface area contributed by atoms with Crippen LogP contribution < -0.4 is 23.8 Å². The van der Waals surface area contributed by atoms with E-state index in [9.17, 15) is 23.3 Å². The van der Waals surface area contributed by atoms with Crippen LogP contribution in [-0.2, 0) is 6.54 Å². The third-order valence-electron chi connectivity index (χ3n) is 6.61. The second-order valence-corrected chi connectivity index (χ2v) is 9.80. The summed E-state index contributed by atoms with van der Waals surface area (Å²) in [7, 11) is 0. The van der Waals surface area contributed by atoms with Gasteiger partial charge < -0.3 is 34.0 Å². The van der Waals surface area contributed by atoms with Crippen LogP contribution in [0.4, 0.5) is 24.7 Å². The average Bonchev–Trinajstić information content (AvgIpc) is 3.44. The number of aromatic nitrogens is 2. The van der Waals surface area contributed by atoms with Crippen LogP contribution in [0.3, 0.4) is 0 Å². The zero-order valence-electron chi connectivity index (χ0n) is 21.7. The van der Waals surface area contributed by atoms with E-state index in [1.807, 2.05) is 31.2 Å². The van der Waals surface area contributed by atoms with Crippen LogP contribution >= 0.6 is 0 Å². The minimum atomic E-state index is -4.72. The number of piperazine rings is 1. The van der Waals surface area contributed by atoms with E-state index >= 15 is 0 Å². The Morgan fingerprint density at radius 1 is 1.00 bits per heavy atom. The second-order valence-electron chi connectivity index (χ2n) is 9.80. The van der Waals surface area contributed by atoms with Gasteiger partial charge in [-0.25, -0.2) is 0 Å². The van der Waals surface area contributed by atoms with E-state index in [2.05, 4.69) is 19.5 Å². The maximum Gasteiger partial charge on any atom is 0.573 e. The average molecular weight is 564 g/mol. The normalized spacial score (nSPS) is 19.1. The third-order valence-corrected chi connectivity index (χ3v) is 6.61. The molecular weight excluding hydrogens is 535 g/mol. The van der Waals surface area contributed by atoms with Crippen LogP contribution in [-0.4, -0.2) is 77.3 Å². The Morgan fingerprint density at radius 2 is 1.62 bits per heavy atom. The molecule has 3 aromatic rings. The van der Waals surface area contributed by atoms with Crippen LogP contribution in [0.5, 0.6) is 23.3 Å². The monoisotopic (exact) mass is 563 g/mol. The Hall–Kier alpha value is -4.20. The second kappa shape index (κ2) is 11.1. The molecule has 40 heavy (non-hydrogen) atoms. The fourth-order valence-corrected chi connectivity index (χ4v) is 4.61. The Labute approximate surface area is 227 Å². The first-order valence-corrected chi connectivity index (χ1v) is 12.6. The molecule has 2 aliphatic rings. The van der Waals surface area contributed by atoms with Crippen molar-refractivity contribution in [3.05, 3.63) is 64.8 Å². The molecule has 0 saturated carbocycles. The summed E-state index contributed by atoms with van der Waals surface area (Å²) in [5, 5.41) is 10.9. The highest BCUT2D eigenvalue weighted by molar-refractivity contribution is 5.49. The summed E-state index contributed by atoms with van der Waals surface area (Å²) in [6.45, 7) is 7.04. The van der Waals surface area contributed by atoms with E-state index in [1.165, 1.54) is 30.5 Å². The van der Waals surface area contributed by atoms with Gasteiger partial charge in [-0.05, 0) is 60.4 Å². The molecule has 0 amide bonds. The molecule has 1 atom stereocenters. The third kappa shape index (κ3) is 6.86. The molecule has 14 heteroatoms. The molecule has 0 unspecified atom stereocenters. The zero-order chi connectivity index (χ0) is 28.3. The van der Waals surface area contributed by atoms with Crippen molar-refractivity contribution in [1.29, 1.82) is 0 Å². The Balaban J connectivity index is 1.02. The number of benzene rings is 2. The molecule has 1 aromatic heterocycles. The van der Waals surface area contributed by atoms with Gasteiger partial charge in [-0.2, -0.15) is 0 Å². The van der Waals surface area contributed by atoms with Gasteiger partial charge in [-0.1, -0.05) is 0 Å². The number of hydrogen-bond donors (Lipinski definition) is 0. The maximum absolute atomic E-state index is 12.3. The molecule has 0 radical (unpaired) electrons. The fourth-order valence-electron chi connectivity index (χ4n) is 4.61. The van der Waals surface area contributed by atoms with Gasteiger partial charge in [-0.3, -0.25) is 9.47 Å². The number of imidazole rings is 1. The molecule has 1 saturated heterocycles. The number of ether oxygens (including phenoxy) is 4. The molecular formula is C26H28F3N5O6. The first kappa shape index (κ1) is 27.4. The van der Waals surface area contributed by atoms with Gasteiger partial charge in [0.05, 0.1) is 6.54 Å². The highest BCUT2D eigenvalue weighted by Crippen LogP contribution is 2.32. The summed E-state index contributed by atoms with van der Waals surface area (Å²) < 4.78 is 59.7. The van der Waals surface area contributed by atoms with Crippen molar-refractivity contribution in [2.75, 3.05) is 50.8 Å². The van der Waals surface area contributed by atoms with Crippen molar-refractivity contribution in [3.63, 3.8) is 0 Å². The highest BCUT2D eigenvalue weighted by Gasteiger charge is 2.41. The summed E-state index contributed by atoms with van der Waals surface area (Å²) >= 11 is 0. The minimum Gasteiger partial charge on any atom is -0.492 e. The quantitative estimate of drug-likeness (QED) is 0.266. The van der Waals surface area contributed by atoms with E-state index in [0.29, 0.717) is 31.2 Å². The molecule has 3 heterocycles. The van der Waals surface area contributed by atoms with Crippen LogP contribution in [0.15, 0.2) is 54.7 Å². The Morgan fingerprint density at radius 3 is 2.25 bits per heavy atom. The number of halogens is 3. The standard InChI is InChI=1S/C26H28F3N5O6/c1-25(17-33-16-23(34(35)36)30-24(33)40-25)18-38-21-4-2-19(3-5-21)32-12-10-31(11-13-32)14-15-37-20-6-8-22(9-7-20)39-26(27,28)29/h2-9,16H,10-15,17-18H2,1H3/t25-/m1/s1. The molecule has 0 aliphatic carbocycles. The van der Waals surface area contributed by atoms with Crippen molar-refractivity contribution >= 4 is 11.5 Å². The molecule has 0 N–H and O–H groups in total. The Bertz CT molecular complexity index is 1280. The molecule has 1 fully saturated rings. The first-order valence-electron chi connectivity index (χ1n) is 12.6. The minimum absolute atomic E-state index is 0.215. The number of anilines is 1. The molecule has 5 rings (SSSR count). The SMILES string of the molecule is C[C@]1(COc2ccc(N3CCN(CCOc4ccc(OC(F)(F)F)cc4)CC3)cc2)Cn2cc([N+](=O)[O-])nc2O1. The highest BCUT2D eigenvalue weighted by atomic mass is 19.4. The van der Waals surface area contributed by atoms with Gasteiger partial charge in [0.25, 0.3) is 0 Å². The molecule has 0 bridgehead atoms. The summed E-state index contributed by atoms with van der Waals surface area (Å²) in [6, 6.07) is 13.4. The molecule has 2 aromatic carbocycles. The predicted octanol–water partition coefficient (Wildman–Crippen LogP) is 4.12. The summed E-state index contributed by atoms with van der Waals surface area (Å²) in [4.78, 5) is 18.8. The van der Waals surface area contributed by atoms with Crippen molar-refractivity contribution in [2.45, 2.75) is 25.4 Å². The fraction of sp³-hybridized carbons (Fsp3) is 0.423. The topological polar surface area (TPSA) is 104 Å². The Kier molecular flexibility index (Phi) is 7.61. The summed E-state index contributed by atoms with van der Waals surface area (Å²) in [5.74, 6) is 0.655. The van der Waals surface area contributed by atoms with Gasteiger partial charge in [0.15, 0.2) is 5.60 Å². The largest absolute Gasteiger partial charge is 0.573 e. The van der Waals surface area contributed by atoms with Gasteiger partial charge in [0.2, 0.25) is 0 Å². The number of nitrogens with zero attached hydrogens (tertiary/aromatic N) is 5. The predicted molar refractivity (Wildman–Crippen MR) is 137 cm³/mol. The van der Waals surface area contributed by atoms with E-state index in [0.717, 1.165) is 31.9 Å². The van der Waals surface area contributed by atoms with Crippen LogP contribution in [0.2, 0.25) is 0 Å². The van der Waals surface area contributed by atoms with Crippen molar-refractivity contribution in [2.24, 2.45) is 0 Å². The molecule has 0 spiro atoms. The van der Waals surface area contributed by atoms with Crippen molar-refractivity contribution in [3.8, 4) is 23.3 Å². The number of rotatable bonds is 10. The van der Waals surface area contributed by atoms with Gasteiger partial charge in [0.1, 0.15) is 36.7 Å². The number of hydrogen-bond acceptors (Lipinski definition) is 9. The van der Waals surface area contributed by atoms with Gasteiger partial charge in [0, 0.05) is 43.4 Å². The van der Waals surface area contributed by atoms with Crippen molar-refractivity contribution < 1.29 is 37.0 Å². The van der Waals surface area contributed by atoms with Crippen LogP contribution in [0.1, 0.15) is 6.92 Å². The molecule has 11 nitrogen and oxygen atoms in total. The molecule has 2 aliphatic heterocycles. The lowest BCUT2D eigenvalue weighted by molar-refractivity contribution is -0.389. The van der Waals surface area contributed by atoms with Crippen molar-refractivity contribution in [1.82, 2.24) is 14.5 Å². The number of alkyl halides is 3. The maximum atomic E-state index is 12.3. The number of nitro groups is 1. The lowest BCUT2D eigenvalue weighted by atomic mass is 10.1. The van der Waals surface area contributed by atoms with Gasteiger partial charge in [-0.15, -0.1) is 13.2 Å². The lowest BCUT2D eigenvalue weighted by Gasteiger charge is -2.36. The summed E-state index contributed by atoms with van der Waals surface area (Å²) in [6.07, 6.45) is -3.35. The smallest absolute Gasteiger partial charge is 0.492 e. The summed E-state index contributed by atoms with van der Waals surface area (Å²) in [5.41, 5.74) is 0.404. The van der Waals surface area contributed by atoms with Gasteiger partial charge >= 0.3 is 18.2 Å². The number of fused-ring (bicyclic) bond motifs is 1. The lowest BCUT2D eigenvalue weighted by Crippen LogP contribution is -2.47. The van der Waals surface area contributed by atoms with E-state index in [4.69, 9.17) is 14.2 Å². The van der Waals surface area contributed by atoms with Crippen LogP contribution in [0, 0.1) is 10.1 Å². The van der Waals surface area contributed by atoms with E-state index in [1.54, 1.807) is 4.57 Å². The first-order chi connectivity index (χ1) is 19.1. The zero-order valence-corrected chi connectivity index (χ0v) is 21.7. The van der Waals surface area contributed by atoms with E-state index in [-0.39, 0.29) is 24.2 Å². The molecule has 214 valence electrons.